The third-order valence-corrected chi connectivity index (χ3v) is 6.25. The van der Waals surface area contributed by atoms with E-state index < -0.39 is 28.5 Å². The van der Waals surface area contributed by atoms with E-state index in [2.05, 4.69) is 5.32 Å². The number of benzene rings is 2. The van der Waals surface area contributed by atoms with Gasteiger partial charge >= 0.3 is 0 Å². The number of anilines is 1. The van der Waals surface area contributed by atoms with Crippen LogP contribution in [0.25, 0.3) is 0 Å². The quantitative estimate of drug-likeness (QED) is 0.562. The molecule has 2 aromatic carbocycles. The highest BCUT2D eigenvalue weighted by molar-refractivity contribution is 7.92. The van der Waals surface area contributed by atoms with Gasteiger partial charge < -0.3 is 15.0 Å². The molecule has 1 N–H and O–H groups in total. The van der Waals surface area contributed by atoms with Crippen molar-refractivity contribution in [3.8, 4) is 5.75 Å². The van der Waals surface area contributed by atoms with Gasteiger partial charge in [0.15, 0.2) is 0 Å². The average molecular weight is 482 g/mol. The molecule has 0 fully saturated rings. The van der Waals surface area contributed by atoms with Crippen LogP contribution in [0, 0.1) is 0 Å². The summed E-state index contributed by atoms with van der Waals surface area (Å²) in [5, 5.41) is 2.92. The van der Waals surface area contributed by atoms with E-state index >= 15 is 0 Å². The molecule has 0 aliphatic heterocycles. The summed E-state index contributed by atoms with van der Waals surface area (Å²) in [6.45, 7) is 3.47. The fourth-order valence-electron chi connectivity index (χ4n) is 3.11. The molecule has 10 heteroatoms. The number of nitrogens with zero attached hydrogens (tertiary/aromatic N) is 2. The summed E-state index contributed by atoms with van der Waals surface area (Å²) in [6, 6.07) is 12.8. The van der Waals surface area contributed by atoms with Crippen molar-refractivity contribution >= 4 is 39.1 Å². The second kappa shape index (κ2) is 11.2. The Morgan fingerprint density at radius 1 is 1.16 bits per heavy atom. The summed E-state index contributed by atoms with van der Waals surface area (Å²) in [5.74, 6) is -0.467. The van der Waals surface area contributed by atoms with E-state index in [1.54, 1.807) is 13.8 Å². The molecule has 174 valence electrons. The first-order valence-corrected chi connectivity index (χ1v) is 12.2. The monoisotopic (exact) mass is 481 g/mol. The van der Waals surface area contributed by atoms with Crippen molar-refractivity contribution in [2.24, 2.45) is 0 Å². The minimum atomic E-state index is -3.83. The third-order valence-electron chi connectivity index (χ3n) is 4.82. The van der Waals surface area contributed by atoms with Gasteiger partial charge in [-0.2, -0.15) is 0 Å². The molecule has 0 aromatic heterocycles. The Bertz CT molecular complexity index is 1050. The zero-order valence-corrected chi connectivity index (χ0v) is 20.1. The van der Waals surface area contributed by atoms with Crippen LogP contribution in [0.15, 0.2) is 48.5 Å². The Morgan fingerprint density at radius 2 is 1.81 bits per heavy atom. The molecule has 1 atom stereocenters. The maximum Gasteiger partial charge on any atom is 0.244 e. The molecule has 0 bridgehead atoms. The molecule has 0 unspecified atom stereocenters. The number of rotatable bonds is 10. The number of halogens is 1. The van der Waals surface area contributed by atoms with E-state index in [1.807, 2.05) is 30.3 Å². The van der Waals surface area contributed by atoms with Gasteiger partial charge in [0.25, 0.3) is 0 Å². The third kappa shape index (κ3) is 6.61. The Morgan fingerprint density at radius 3 is 2.34 bits per heavy atom. The number of sulfonamides is 1. The molecular weight excluding hydrogens is 454 g/mol. The molecule has 8 nitrogen and oxygen atoms in total. The zero-order chi connectivity index (χ0) is 23.9. The lowest BCUT2D eigenvalue weighted by Crippen LogP contribution is -2.51. The second-order valence-corrected chi connectivity index (χ2v) is 9.48. The SMILES string of the molecule is CCNC(=O)[C@@H](C)N(Cc1ccccc1)C(=O)CN(c1ccc(OC)c(Cl)c1)S(C)(=O)=O. The number of carbonyl (C=O) groups excluding carboxylic acids is 2. The highest BCUT2D eigenvalue weighted by Gasteiger charge is 2.30. The zero-order valence-electron chi connectivity index (χ0n) is 18.5. The number of amides is 2. The molecular formula is C22H28ClN3O5S. The van der Waals surface area contributed by atoms with E-state index in [9.17, 15) is 18.0 Å². The van der Waals surface area contributed by atoms with Gasteiger partial charge in [-0.3, -0.25) is 13.9 Å². The molecule has 0 aliphatic rings. The van der Waals surface area contributed by atoms with Crippen LogP contribution in [-0.2, 0) is 26.2 Å². The van der Waals surface area contributed by atoms with Gasteiger partial charge in [-0.15, -0.1) is 0 Å². The Kier molecular flexibility index (Phi) is 8.91. The largest absolute Gasteiger partial charge is 0.495 e. The standard InChI is InChI=1S/C22H28ClN3O5S/c1-5-24-22(28)16(2)25(14-17-9-7-6-8-10-17)21(27)15-26(32(4,29)30)18-11-12-20(31-3)19(23)13-18/h6-13,16H,5,14-15H2,1-4H3,(H,24,28)/t16-/m1/s1. The Labute approximate surface area is 194 Å². The number of hydrogen-bond donors (Lipinski definition) is 1. The molecule has 2 aromatic rings. The molecule has 0 saturated heterocycles. The Balaban J connectivity index is 2.38. The van der Waals surface area contributed by atoms with Crippen LogP contribution in [0.1, 0.15) is 19.4 Å². The molecule has 32 heavy (non-hydrogen) atoms. The predicted octanol–water partition coefficient (Wildman–Crippen LogP) is 2.67. The predicted molar refractivity (Wildman–Crippen MR) is 125 cm³/mol. The maximum absolute atomic E-state index is 13.3. The van der Waals surface area contributed by atoms with E-state index in [0.717, 1.165) is 16.1 Å². The minimum Gasteiger partial charge on any atom is -0.495 e. The smallest absolute Gasteiger partial charge is 0.244 e. The number of methoxy groups -OCH3 is 1. The fraction of sp³-hybridized carbons (Fsp3) is 0.364. The highest BCUT2D eigenvalue weighted by atomic mass is 35.5. The van der Waals surface area contributed by atoms with Crippen LogP contribution in [0.4, 0.5) is 5.69 Å². The van der Waals surface area contributed by atoms with Gasteiger partial charge in [-0.1, -0.05) is 41.9 Å². The molecule has 0 aliphatic carbocycles. The topological polar surface area (TPSA) is 96.0 Å². The fourth-order valence-corrected chi connectivity index (χ4v) is 4.20. The first-order valence-electron chi connectivity index (χ1n) is 10.0. The molecule has 0 saturated carbocycles. The summed E-state index contributed by atoms with van der Waals surface area (Å²) >= 11 is 6.16. The summed E-state index contributed by atoms with van der Waals surface area (Å²) in [7, 11) is -2.38. The van der Waals surface area contributed by atoms with Crippen LogP contribution in [0.2, 0.25) is 5.02 Å². The lowest BCUT2D eigenvalue weighted by Gasteiger charge is -2.31. The van der Waals surface area contributed by atoms with Gasteiger partial charge in [-0.25, -0.2) is 8.42 Å². The first-order chi connectivity index (χ1) is 15.1. The second-order valence-electron chi connectivity index (χ2n) is 7.17. The lowest BCUT2D eigenvalue weighted by molar-refractivity contribution is -0.139. The number of likely N-dealkylation sites (N-methyl/N-ethyl adjacent to an activating group) is 1. The summed E-state index contributed by atoms with van der Waals surface area (Å²) in [6.07, 6.45) is 1.01. The summed E-state index contributed by atoms with van der Waals surface area (Å²) in [4.78, 5) is 27.2. The number of ether oxygens (including phenoxy) is 1. The van der Waals surface area contributed by atoms with Gasteiger partial charge in [0, 0.05) is 13.1 Å². The van der Waals surface area contributed by atoms with Crippen molar-refractivity contribution in [3.05, 3.63) is 59.1 Å². The number of hydrogen-bond acceptors (Lipinski definition) is 5. The van der Waals surface area contributed by atoms with Crippen molar-refractivity contribution in [1.82, 2.24) is 10.2 Å². The maximum atomic E-state index is 13.3. The van der Waals surface area contributed by atoms with Crippen LogP contribution in [-0.4, -0.2) is 57.6 Å². The summed E-state index contributed by atoms with van der Waals surface area (Å²) in [5.41, 5.74) is 1.03. The average Bonchev–Trinajstić information content (AvgIpc) is 2.75. The molecule has 2 amide bonds. The van der Waals surface area contributed by atoms with E-state index in [0.29, 0.717) is 12.3 Å². The van der Waals surface area contributed by atoms with Crippen molar-refractivity contribution < 1.29 is 22.7 Å². The van der Waals surface area contributed by atoms with Gasteiger partial charge in [-0.05, 0) is 37.6 Å². The minimum absolute atomic E-state index is 0.152. The van der Waals surface area contributed by atoms with Gasteiger partial charge in [0.1, 0.15) is 18.3 Å². The van der Waals surface area contributed by atoms with Crippen molar-refractivity contribution in [3.63, 3.8) is 0 Å². The number of nitrogens with one attached hydrogen (secondary N) is 1. The summed E-state index contributed by atoms with van der Waals surface area (Å²) < 4.78 is 31.1. The van der Waals surface area contributed by atoms with Crippen molar-refractivity contribution in [2.45, 2.75) is 26.4 Å². The molecule has 2 rings (SSSR count). The van der Waals surface area contributed by atoms with Crippen LogP contribution >= 0.6 is 11.6 Å². The van der Waals surface area contributed by atoms with E-state index in [-0.39, 0.29) is 23.2 Å². The first kappa shape index (κ1) is 25.5. The van der Waals surface area contributed by atoms with E-state index in [4.69, 9.17) is 16.3 Å². The van der Waals surface area contributed by atoms with Crippen LogP contribution in [0.3, 0.4) is 0 Å². The van der Waals surface area contributed by atoms with Crippen molar-refractivity contribution in [2.75, 3.05) is 30.8 Å². The molecule has 0 heterocycles. The number of carbonyl (C=O) groups is 2. The van der Waals surface area contributed by atoms with Gasteiger partial charge in [0.2, 0.25) is 21.8 Å². The van der Waals surface area contributed by atoms with E-state index in [1.165, 1.54) is 30.2 Å². The van der Waals surface area contributed by atoms with Crippen LogP contribution in [0.5, 0.6) is 5.75 Å². The van der Waals surface area contributed by atoms with Gasteiger partial charge in [0.05, 0.1) is 24.1 Å². The lowest BCUT2D eigenvalue weighted by atomic mass is 10.1. The molecule has 0 radical (unpaired) electrons. The molecule has 0 spiro atoms. The normalized spacial score (nSPS) is 12.0. The van der Waals surface area contributed by atoms with Crippen LogP contribution < -0.4 is 14.4 Å². The highest BCUT2D eigenvalue weighted by Crippen LogP contribution is 2.30. The van der Waals surface area contributed by atoms with Crippen molar-refractivity contribution in [1.29, 1.82) is 0 Å². The Hall–Kier alpha value is -2.78.